The highest BCUT2D eigenvalue weighted by Crippen LogP contribution is 2.29. The number of carbonyl (C=O) groups is 3. The fourth-order valence-electron chi connectivity index (χ4n) is 1.69. The molecule has 1 aromatic carbocycles. The van der Waals surface area contributed by atoms with Crippen LogP contribution in [0.25, 0.3) is 0 Å². The lowest BCUT2D eigenvalue weighted by Gasteiger charge is -2.12. The second kappa shape index (κ2) is 10.1. The number of benzene rings is 1. The number of hydrogen-bond donors (Lipinski definition) is 2. The van der Waals surface area contributed by atoms with Crippen LogP contribution in [-0.2, 0) is 14.3 Å². The molecule has 0 radical (unpaired) electrons. The molecular weight excluding hydrogens is 316 g/mol. The third-order valence-corrected chi connectivity index (χ3v) is 2.74. The zero-order valence-corrected chi connectivity index (χ0v) is 13.8. The van der Waals surface area contributed by atoms with E-state index in [2.05, 4.69) is 5.32 Å². The lowest BCUT2D eigenvalue weighted by molar-refractivity contribution is -0.127. The first kappa shape index (κ1) is 19.3. The molecule has 0 atom stereocenters. The van der Waals surface area contributed by atoms with Crippen LogP contribution in [0.3, 0.4) is 0 Å². The number of amides is 2. The first-order valence-electron chi connectivity index (χ1n) is 7.59. The summed E-state index contributed by atoms with van der Waals surface area (Å²) in [6.07, 6.45) is 0.843. The van der Waals surface area contributed by atoms with E-state index in [-0.39, 0.29) is 12.1 Å². The minimum atomic E-state index is -0.688. The molecule has 0 aliphatic carbocycles. The van der Waals surface area contributed by atoms with E-state index in [4.69, 9.17) is 19.9 Å². The van der Waals surface area contributed by atoms with Crippen molar-refractivity contribution in [3.05, 3.63) is 23.8 Å². The monoisotopic (exact) mass is 338 g/mol. The van der Waals surface area contributed by atoms with Gasteiger partial charge in [0.05, 0.1) is 25.3 Å². The zero-order chi connectivity index (χ0) is 17.9. The molecule has 0 aromatic heterocycles. The number of hydrogen-bond acceptors (Lipinski definition) is 6. The van der Waals surface area contributed by atoms with Crippen molar-refractivity contribution in [2.24, 2.45) is 5.73 Å². The fraction of sp³-hybridized carbons (Fsp3) is 0.438. The summed E-state index contributed by atoms with van der Waals surface area (Å²) in [7, 11) is 0. The van der Waals surface area contributed by atoms with Gasteiger partial charge >= 0.3 is 5.97 Å². The molecule has 0 bridgehead atoms. The smallest absolute Gasteiger partial charge is 0.338 e. The Bertz CT molecular complexity index is 588. The van der Waals surface area contributed by atoms with Crippen LogP contribution in [0, 0.1) is 0 Å². The standard InChI is InChI=1S/C16H22N2O6/c1-3-7-23-12-6-5-11(8-13(12)22-4-2)16(21)24-10-15(20)18-9-14(17)19/h5-6,8H,3-4,7,9-10H2,1-2H3,(H2,17,19)(H,18,20). The summed E-state index contributed by atoms with van der Waals surface area (Å²) in [5.74, 6) is -1.02. The second-order valence-electron chi connectivity index (χ2n) is 4.76. The van der Waals surface area contributed by atoms with Crippen LogP contribution < -0.4 is 20.5 Å². The fourth-order valence-corrected chi connectivity index (χ4v) is 1.69. The third-order valence-electron chi connectivity index (χ3n) is 2.74. The Balaban J connectivity index is 2.67. The van der Waals surface area contributed by atoms with Crippen LogP contribution in [0.15, 0.2) is 18.2 Å². The summed E-state index contributed by atoms with van der Waals surface area (Å²) in [4.78, 5) is 33.9. The Morgan fingerprint density at radius 3 is 2.50 bits per heavy atom. The molecule has 2 amide bonds. The van der Waals surface area contributed by atoms with E-state index in [1.54, 1.807) is 6.07 Å². The molecule has 3 N–H and O–H groups in total. The lowest BCUT2D eigenvalue weighted by atomic mass is 10.2. The molecule has 0 fully saturated rings. The Hall–Kier alpha value is -2.77. The molecule has 8 heteroatoms. The van der Waals surface area contributed by atoms with Crippen LogP contribution >= 0.6 is 0 Å². The molecule has 0 aliphatic rings. The number of primary amides is 1. The van der Waals surface area contributed by atoms with Gasteiger partial charge in [0.25, 0.3) is 5.91 Å². The number of carbonyl (C=O) groups excluding carboxylic acids is 3. The number of ether oxygens (including phenoxy) is 3. The van der Waals surface area contributed by atoms with Crippen molar-refractivity contribution in [3.8, 4) is 11.5 Å². The molecule has 0 unspecified atom stereocenters. The highest BCUT2D eigenvalue weighted by atomic mass is 16.5. The quantitative estimate of drug-likeness (QED) is 0.604. The molecule has 1 aromatic rings. The van der Waals surface area contributed by atoms with Gasteiger partial charge in [-0.3, -0.25) is 9.59 Å². The summed E-state index contributed by atoms with van der Waals surface area (Å²) >= 11 is 0. The summed E-state index contributed by atoms with van der Waals surface area (Å²) < 4.78 is 15.9. The van der Waals surface area contributed by atoms with Gasteiger partial charge in [0.15, 0.2) is 18.1 Å². The molecular formula is C16H22N2O6. The number of esters is 1. The van der Waals surface area contributed by atoms with Crippen molar-refractivity contribution in [3.63, 3.8) is 0 Å². The summed E-state index contributed by atoms with van der Waals surface area (Å²) in [6.45, 7) is 3.92. The van der Waals surface area contributed by atoms with E-state index in [0.717, 1.165) is 6.42 Å². The first-order valence-corrected chi connectivity index (χ1v) is 7.59. The summed E-state index contributed by atoms with van der Waals surface area (Å²) in [5.41, 5.74) is 5.12. The molecule has 1 rings (SSSR count). The average molecular weight is 338 g/mol. The summed E-state index contributed by atoms with van der Waals surface area (Å²) in [6, 6.07) is 4.64. The van der Waals surface area contributed by atoms with Gasteiger partial charge in [0, 0.05) is 0 Å². The maximum atomic E-state index is 12.0. The number of nitrogens with two attached hydrogens (primary N) is 1. The van der Waals surface area contributed by atoms with Crippen LogP contribution in [0.1, 0.15) is 30.6 Å². The normalized spacial score (nSPS) is 9.92. The van der Waals surface area contributed by atoms with Gasteiger partial charge in [0.2, 0.25) is 5.91 Å². The van der Waals surface area contributed by atoms with Crippen molar-refractivity contribution in [2.75, 3.05) is 26.4 Å². The maximum Gasteiger partial charge on any atom is 0.338 e. The van der Waals surface area contributed by atoms with Crippen LogP contribution in [-0.4, -0.2) is 44.1 Å². The minimum absolute atomic E-state index is 0.227. The van der Waals surface area contributed by atoms with Crippen molar-refractivity contribution in [1.82, 2.24) is 5.32 Å². The number of rotatable bonds is 10. The van der Waals surface area contributed by atoms with E-state index in [9.17, 15) is 14.4 Å². The van der Waals surface area contributed by atoms with Gasteiger partial charge in [-0.15, -0.1) is 0 Å². The van der Waals surface area contributed by atoms with Gasteiger partial charge in [0.1, 0.15) is 0 Å². The van der Waals surface area contributed by atoms with Crippen molar-refractivity contribution < 1.29 is 28.6 Å². The minimum Gasteiger partial charge on any atom is -0.490 e. The Labute approximate surface area is 140 Å². The zero-order valence-electron chi connectivity index (χ0n) is 13.8. The van der Waals surface area contributed by atoms with Gasteiger partial charge < -0.3 is 25.3 Å². The first-order chi connectivity index (χ1) is 11.5. The van der Waals surface area contributed by atoms with Crippen molar-refractivity contribution >= 4 is 17.8 Å². The van der Waals surface area contributed by atoms with Crippen LogP contribution in [0.4, 0.5) is 0 Å². The predicted molar refractivity (Wildman–Crippen MR) is 85.9 cm³/mol. The van der Waals surface area contributed by atoms with Crippen molar-refractivity contribution in [2.45, 2.75) is 20.3 Å². The molecule has 0 spiro atoms. The van der Waals surface area contributed by atoms with E-state index >= 15 is 0 Å². The Morgan fingerprint density at radius 2 is 1.88 bits per heavy atom. The highest BCUT2D eigenvalue weighted by molar-refractivity contribution is 5.92. The lowest BCUT2D eigenvalue weighted by Crippen LogP contribution is -2.35. The molecule has 0 saturated heterocycles. The van der Waals surface area contributed by atoms with E-state index in [1.807, 2.05) is 13.8 Å². The van der Waals surface area contributed by atoms with Gasteiger partial charge in [-0.05, 0) is 31.5 Å². The molecule has 0 heterocycles. The topological polar surface area (TPSA) is 117 Å². The molecule has 8 nitrogen and oxygen atoms in total. The van der Waals surface area contributed by atoms with E-state index in [0.29, 0.717) is 24.7 Å². The van der Waals surface area contributed by atoms with E-state index < -0.39 is 24.4 Å². The van der Waals surface area contributed by atoms with Crippen LogP contribution in [0.5, 0.6) is 11.5 Å². The van der Waals surface area contributed by atoms with Crippen molar-refractivity contribution in [1.29, 1.82) is 0 Å². The molecule has 132 valence electrons. The highest BCUT2D eigenvalue weighted by Gasteiger charge is 2.14. The van der Waals surface area contributed by atoms with Crippen LogP contribution in [0.2, 0.25) is 0 Å². The van der Waals surface area contributed by atoms with Gasteiger partial charge in [-0.2, -0.15) is 0 Å². The third kappa shape index (κ3) is 6.55. The Kier molecular flexibility index (Phi) is 8.10. The predicted octanol–water partition coefficient (Wildman–Crippen LogP) is 0.632. The molecule has 0 saturated carbocycles. The largest absolute Gasteiger partial charge is 0.490 e. The maximum absolute atomic E-state index is 12.0. The summed E-state index contributed by atoms with van der Waals surface area (Å²) in [5, 5.41) is 2.22. The number of nitrogens with one attached hydrogen (secondary N) is 1. The average Bonchev–Trinajstić information content (AvgIpc) is 2.56. The molecule has 24 heavy (non-hydrogen) atoms. The van der Waals surface area contributed by atoms with Gasteiger partial charge in [-0.25, -0.2) is 4.79 Å². The molecule has 0 aliphatic heterocycles. The second-order valence-corrected chi connectivity index (χ2v) is 4.76. The van der Waals surface area contributed by atoms with E-state index in [1.165, 1.54) is 12.1 Å². The SMILES string of the molecule is CCCOc1ccc(C(=O)OCC(=O)NCC(N)=O)cc1OCC. The van der Waals surface area contributed by atoms with Gasteiger partial charge in [-0.1, -0.05) is 6.92 Å². The Morgan fingerprint density at radius 1 is 1.12 bits per heavy atom.